The summed E-state index contributed by atoms with van der Waals surface area (Å²) in [5, 5.41) is 0. The van der Waals surface area contributed by atoms with E-state index in [0.717, 1.165) is 25.8 Å². The third kappa shape index (κ3) is 2.57. The first-order chi connectivity index (χ1) is 8.22. The van der Waals surface area contributed by atoms with Crippen LogP contribution in [0.2, 0.25) is 0 Å². The Kier molecular flexibility index (Phi) is 3.61. The summed E-state index contributed by atoms with van der Waals surface area (Å²) in [5.74, 6) is -0.0470. The van der Waals surface area contributed by atoms with Gasteiger partial charge in [-0.1, -0.05) is 6.92 Å². The Morgan fingerprint density at radius 3 is 3.06 bits per heavy atom. The molecule has 1 unspecified atom stereocenters. The van der Waals surface area contributed by atoms with Crippen LogP contribution in [0.25, 0.3) is 0 Å². The van der Waals surface area contributed by atoms with Crippen LogP contribution in [0.1, 0.15) is 43.1 Å². The fraction of sp³-hybridized carbons (Fsp3) is 0.538. The average Bonchev–Trinajstić information content (AvgIpc) is 2.38. The predicted molar refractivity (Wildman–Crippen MR) is 66.0 cm³/mol. The lowest BCUT2D eigenvalue weighted by Gasteiger charge is -2.35. The summed E-state index contributed by atoms with van der Waals surface area (Å²) < 4.78 is 0. The van der Waals surface area contributed by atoms with Crippen LogP contribution in [0.15, 0.2) is 23.1 Å². The molecule has 2 rings (SSSR count). The standard InChI is InChI=1S/C13H18N2O2/c1-2-10-5-3-4-8-15(10)13(17)12-9-11(16)6-7-14-12/h6-7,9-10H,2-5,8H2,1H3,(H,14,16). The second-order valence-electron chi connectivity index (χ2n) is 4.49. The molecule has 0 saturated carbocycles. The number of aromatic amines is 1. The molecule has 0 spiro atoms. The Balaban J connectivity index is 2.21. The maximum Gasteiger partial charge on any atom is 0.270 e. The Morgan fingerprint density at radius 2 is 2.35 bits per heavy atom. The number of nitrogens with zero attached hydrogens (tertiary/aromatic N) is 1. The van der Waals surface area contributed by atoms with E-state index >= 15 is 0 Å². The quantitative estimate of drug-likeness (QED) is 0.848. The van der Waals surface area contributed by atoms with Crippen molar-refractivity contribution in [2.45, 2.75) is 38.6 Å². The Bertz CT molecular complexity index is 453. The summed E-state index contributed by atoms with van der Waals surface area (Å²) in [6.45, 7) is 2.90. The zero-order valence-corrected chi connectivity index (χ0v) is 10.1. The predicted octanol–water partition coefficient (Wildman–Crippen LogP) is 1.78. The summed E-state index contributed by atoms with van der Waals surface area (Å²) in [4.78, 5) is 28.3. The number of piperidine rings is 1. The van der Waals surface area contributed by atoms with Gasteiger partial charge < -0.3 is 9.88 Å². The number of aromatic nitrogens is 1. The van der Waals surface area contributed by atoms with Gasteiger partial charge in [0.05, 0.1) is 0 Å². The highest BCUT2D eigenvalue weighted by atomic mass is 16.2. The normalized spacial score (nSPS) is 20.3. The first-order valence-electron chi connectivity index (χ1n) is 6.22. The molecular weight excluding hydrogens is 216 g/mol. The minimum atomic E-state index is -0.128. The van der Waals surface area contributed by atoms with Gasteiger partial charge in [0.2, 0.25) is 0 Å². The van der Waals surface area contributed by atoms with Gasteiger partial charge in [-0.15, -0.1) is 0 Å². The number of hydrogen-bond donors (Lipinski definition) is 1. The third-order valence-corrected chi connectivity index (χ3v) is 3.36. The van der Waals surface area contributed by atoms with Gasteiger partial charge in [-0.25, -0.2) is 0 Å². The van der Waals surface area contributed by atoms with Crippen molar-refractivity contribution in [1.29, 1.82) is 0 Å². The number of nitrogens with one attached hydrogen (secondary N) is 1. The molecule has 1 aromatic heterocycles. The van der Waals surface area contributed by atoms with E-state index in [9.17, 15) is 9.59 Å². The van der Waals surface area contributed by atoms with Gasteiger partial charge in [-0.2, -0.15) is 0 Å². The fourth-order valence-electron chi connectivity index (χ4n) is 2.42. The van der Waals surface area contributed by atoms with Crippen LogP contribution in [0.4, 0.5) is 0 Å². The lowest BCUT2D eigenvalue weighted by atomic mass is 9.99. The highest BCUT2D eigenvalue weighted by molar-refractivity contribution is 5.92. The van der Waals surface area contributed by atoms with E-state index in [1.807, 2.05) is 4.90 Å². The number of likely N-dealkylation sites (tertiary alicyclic amines) is 1. The Hall–Kier alpha value is -1.58. The molecule has 4 nitrogen and oxygen atoms in total. The topological polar surface area (TPSA) is 53.2 Å². The van der Waals surface area contributed by atoms with E-state index in [1.165, 1.54) is 24.8 Å². The van der Waals surface area contributed by atoms with Crippen molar-refractivity contribution >= 4 is 5.91 Å². The van der Waals surface area contributed by atoms with Crippen molar-refractivity contribution in [3.8, 4) is 0 Å². The Labute approximate surface area is 101 Å². The molecule has 1 aromatic rings. The number of pyridine rings is 1. The van der Waals surface area contributed by atoms with Gasteiger partial charge in [0.15, 0.2) is 5.43 Å². The van der Waals surface area contributed by atoms with E-state index in [-0.39, 0.29) is 11.3 Å². The van der Waals surface area contributed by atoms with Crippen LogP contribution < -0.4 is 5.43 Å². The summed E-state index contributed by atoms with van der Waals surface area (Å²) in [6.07, 6.45) is 5.81. The second kappa shape index (κ2) is 5.17. The molecule has 1 fully saturated rings. The van der Waals surface area contributed by atoms with Crippen LogP contribution >= 0.6 is 0 Å². The second-order valence-corrected chi connectivity index (χ2v) is 4.49. The molecule has 0 bridgehead atoms. The number of rotatable bonds is 2. The number of carbonyl (C=O) groups excluding carboxylic acids is 1. The van der Waals surface area contributed by atoms with E-state index < -0.39 is 0 Å². The first-order valence-corrected chi connectivity index (χ1v) is 6.22. The monoisotopic (exact) mass is 234 g/mol. The number of carbonyl (C=O) groups is 1. The summed E-state index contributed by atoms with van der Waals surface area (Å²) in [5.41, 5.74) is 0.273. The lowest BCUT2D eigenvalue weighted by Crippen LogP contribution is -2.43. The molecule has 4 heteroatoms. The molecule has 0 aromatic carbocycles. The molecule has 92 valence electrons. The number of hydrogen-bond acceptors (Lipinski definition) is 2. The zero-order chi connectivity index (χ0) is 12.3. The molecule has 2 heterocycles. The van der Waals surface area contributed by atoms with Crippen LogP contribution in [0.5, 0.6) is 0 Å². The average molecular weight is 234 g/mol. The first kappa shape index (κ1) is 11.9. The smallest absolute Gasteiger partial charge is 0.270 e. The molecule has 1 N–H and O–H groups in total. The van der Waals surface area contributed by atoms with Gasteiger partial charge in [0, 0.05) is 30.9 Å². The van der Waals surface area contributed by atoms with E-state index in [1.54, 1.807) is 0 Å². The fourth-order valence-corrected chi connectivity index (χ4v) is 2.42. The summed E-state index contributed by atoms with van der Waals surface area (Å²) in [7, 11) is 0. The van der Waals surface area contributed by atoms with E-state index in [2.05, 4.69) is 11.9 Å². The van der Waals surface area contributed by atoms with Gasteiger partial charge in [0.25, 0.3) is 5.91 Å². The molecule has 1 atom stereocenters. The van der Waals surface area contributed by atoms with E-state index in [0.29, 0.717) is 11.7 Å². The van der Waals surface area contributed by atoms with Gasteiger partial charge in [-0.3, -0.25) is 9.59 Å². The highest BCUT2D eigenvalue weighted by Gasteiger charge is 2.26. The van der Waals surface area contributed by atoms with Gasteiger partial charge in [-0.05, 0) is 25.7 Å². The van der Waals surface area contributed by atoms with E-state index in [4.69, 9.17) is 0 Å². The minimum absolute atomic E-state index is 0.0470. The minimum Gasteiger partial charge on any atom is -0.357 e. The van der Waals surface area contributed by atoms with Crippen LogP contribution in [0.3, 0.4) is 0 Å². The van der Waals surface area contributed by atoms with Crippen molar-refractivity contribution < 1.29 is 4.79 Å². The maximum atomic E-state index is 12.3. The van der Waals surface area contributed by atoms with Crippen molar-refractivity contribution in [3.05, 3.63) is 34.2 Å². The molecule has 1 aliphatic rings. The molecule has 17 heavy (non-hydrogen) atoms. The molecule has 1 aliphatic heterocycles. The van der Waals surface area contributed by atoms with Gasteiger partial charge >= 0.3 is 0 Å². The largest absolute Gasteiger partial charge is 0.357 e. The molecule has 1 saturated heterocycles. The van der Waals surface area contributed by atoms with Crippen LogP contribution in [-0.4, -0.2) is 28.4 Å². The third-order valence-electron chi connectivity index (χ3n) is 3.36. The van der Waals surface area contributed by atoms with Crippen molar-refractivity contribution in [2.24, 2.45) is 0 Å². The van der Waals surface area contributed by atoms with Crippen molar-refractivity contribution in [1.82, 2.24) is 9.88 Å². The number of H-pyrrole nitrogens is 1. The van der Waals surface area contributed by atoms with Crippen molar-refractivity contribution in [2.75, 3.05) is 6.54 Å². The molecular formula is C13H18N2O2. The number of amides is 1. The maximum absolute atomic E-state index is 12.3. The SMILES string of the molecule is CCC1CCCCN1C(=O)c1cc(=O)cc[nH]1. The summed E-state index contributed by atoms with van der Waals surface area (Å²) >= 11 is 0. The van der Waals surface area contributed by atoms with Gasteiger partial charge in [0.1, 0.15) is 5.69 Å². The lowest BCUT2D eigenvalue weighted by molar-refractivity contribution is 0.0602. The zero-order valence-electron chi connectivity index (χ0n) is 10.1. The van der Waals surface area contributed by atoms with Crippen LogP contribution in [0, 0.1) is 0 Å². The Morgan fingerprint density at radius 1 is 1.53 bits per heavy atom. The summed E-state index contributed by atoms with van der Waals surface area (Å²) in [6, 6.07) is 3.12. The molecule has 0 aliphatic carbocycles. The van der Waals surface area contributed by atoms with Crippen LogP contribution in [-0.2, 0) is 0 Å². The highest BCUT2D eigenvalue weighted by Crippen LogP contribution is 2.20. The molecule has 1 amide bonds. The molecule has 0 radical (unpaired) electrons. The van der Waals surface area contributed by atoms with Crippen molar-refractivity contribution in [3.63, 3.8) is 0 Å².